The lowest BCUT2D eigenvalue weighted by atomic mass is 10.2. The van der Waals surface area contributed by atoms with Crippen LogP contribution in [0.5, 0.6) is 0 Å². The van der Waals surface area contributed by atoms with Crippen LogP contribution in [-0.4, -0.2) is 40.8 Å². The van der Waals surface area contributed by atoms with Crippen LogP contribution >= 0.6 is 0 Å². The molecule has 1 aromatic carbocycles. The average molecular weight is 336 g/mol. The molecule has 1 saturated carbocycles. The topological polar surface area (TPSA) is 68.1 Å². The third-order valence-electron chi connectivity index (χ3n) is 4.48. The van der Waals surface area contributed by atoms with Gasteiger partial charge in [-0.05, 0) is 31.4 Å². The Bertz CT molecular complexity index is 832. The van der Waals surface area contributed by atoms with Crippen molar-refractivity contribution < 1.29 is 12.8 Å². The van der Waals surface area contributed by atoms with Gasteiger partial charge in [-0.15, -0.1) is 5.10 Å². The van der Waals surface area contributed by atoms with E-state index in [2.05, 4.69) is 10.3 Å². The van der Waals surface area contributed by atoms with Crippen molar-refractivity contribution in [3.8, 4) is 0 Å². The van der Waals surface area contributed by atoms with Crippen LogP contribution in [0.2, 0.25) is 0 Å². The first kappa shape index (κ1) is 14.8. The maximum atomic E-state index is 13.8. The molecule has 0 radical (unpaired) electrons. The molecule has 4 rings (SSSR count). The highest BCUT2D eigenvalue weighted by atomic mass is 32.2. The summed E-state index contributed by atoms with van der Waals surface area (Å²) in [6, 6.07) is 5.44. The molecule has 2 fully saturated rings. The Morgan fingerprint density at radius 1 is 1.17 bits per heavy atom. The number of sulfonamides is 1. The van der Waals surface area contributed by atoms with Crippen LogP contribution in [0.15, 0.2) is 35.4 Å². The Kier molecular flexibility index (Phi) is 3.46. The van der Waals surface area contributed by atoms with Crippen molar-refractivity contribution in [2.75, 3.05) is 13.1 Å². The highest BCUT2D eigenvalue weighted by Gasteiger charge is 2.36. The lowest BCUT2D eigenvalue weighted by Gasteiger charge is -2.17. The quantitative estimate of drug-likeness (QED) is 0.855. The molecule has 0 spiro atoms. The van der Waals surface area contributed by atoms with Crippen LogP contribution in [0, 0.1) is 5.82 Å². The van der Waals surface area contributed by atoms with E-state index in [1.165, 1.54) is 28.6 Å². The zero-order valence-electron chi connectivity index (χ0n) is 12.5. The summed E-state index contributed by atoms with van der Waals surface area (Å²) in [5, 5.41) is 8.30. The molecule has 122 valence electrons. The molecule has 8 heteroatoms. The van der Waals surface area contributed by atoms with Crippen molar-refractivity contribution in [1.29, 1.82) is 0 Å². The second kappa shape index (κ2) is 5.38. The van der Waals surface area contributed by atoms with E-state index < -0.39 is 15.8 Å². The summed E-state index contributed by atoms with van der Waals surface area (Å²) in [6.07, 6.45) is 4.87. The van der Waals surface area contributed by atoms with Gasteiger partial charge in [0.05, 0.1) is 11.7 Å². The molecule has 23 heavy (non-hydrogen) atoms. The lowest BCUT2D eigenvalue weighted by Crippen LogP contribution is -2.30. The van der Waals surface area contributed by atoms with E-state index in [-0.39, 0.29) is 10.9 Å². The van der Waals surface area contributed by atoms with Crippen LogP contribution in [0.25, 0.3) is 0 Å². The van der Waals surface area contributed by atoms with Crippen LogP contribution < -0.4 is 0 Å². The first-order chi connectivity index (χ1) is 11.1. The number of hydrogen-bond donors (Lipinski definition) is 0. The van der Waals surface area contributed by atoms with E-state index in [1.54, 1.807) is 4.68 Å². The molecule has 0 N–H and O–H groups in total. The van der Waals surface area contributed by atoms with Gasteiger partial charge in [-0.3, -0.25) is 0 Å². The normalized spacial score (nSPS) is 22.6. The van der Waals surface area contributed by atoms with Gasteiger partial charge in [-0.2, -0.15) is 4.31 Å². The number of halogens is 1. The second-order valence-corrected chi connectivity index (χ2v) is 8.04. The Morgan fingerprint density at radius 2 is 1.96 bits per heavy atom. The smallest absolute Gasteiger partial charge is 0.246 e. The number of aromatic nitrogens is 3. The summed E-state index contributed by atoms with van der Waals surface area (Å²) >= 11 is 0. The molecule has 1 saturated heterocycles. The molecule has 1 unspecified atom stereocenters. The molecule has 1 aliphatic carbocycles. The van der Waals surface area contributed by atoms with Crippen LogP contribution in [-0.2, 0) is 10.0 Å². The predicted octanol–water partition coefficient (Wildman–Crippen LogP) is 1.93. The van der Waals surface area contributed by atoms with E-state index in [1.807, 2.05) is 6.20 Å². The van der Waals surface area contributed by atoms with Gasteiger partial charge in [0.2, 0.25) is 10.0 Å². The molecule has 1 aliphatic heterocycles. The first-order valence-corrected chi connectivity index (χ1v) is 9.16. The Labute approximate surface area is 134 Å². The van der Waals surface area contributed by atoms with Crippen molar-refractivity contribution in [3.05, 3.63) is 42.0 Å². The molecule has 0 bridgehead atoms. The van der Waals surface area contributed by atoms with Gasteiger partial charge in [0.15, 0.2) is 0 Å². The van der Waals surface area contributed by atoms with Gasteiger partial charge in [0.1, 0.15) is 10.7 Å². The van der Waals surface area contributed by atoms with Crippen molar-refractivity contribution in [2.24, 2.45) is 0 Å². The fraction of sp³-hybridized carbons (Fsp3) is 0.467. The van der Waals surface area contributed by atoms with Crippen LogP contribution in [0.3, 0.4) is 0 Å². The number of rotatable bonds is 4. The Hall–Kier alpha value is -1.80. The summed E-state index contributed by atoms with van der Waals surface area (Å²) < 4.78 is 42.1. The molecular weight excluding hydrogens is 319 g/mol. The molecule has 6 nitrogen and oxygen atoms in total. The molecule has 2 heterocycles. The summed E-state index contributed by atoms with van der Waals surface area (Å²) in [5.74, 6) is -0.198. The van der Waals surface area contributed by atoms with Crippen molar-refractivity contribution in [1.82, 2.24) is 19.3 Å². The molecular formula is C15H17FN4O2S. The highest BCUT2D eigenvalue weighted by molar-refractivity contribution is 7.89. The van der Waals surface area contributed by atoms with E-state index in [9.17, 15) is 12.8 Å². The third kappa shape index (κ3) is 2.66. The van der Waals surface area contributed by atoms with Gasteiger partial charge in [0.25, 0.3) is 0 Å². The molecule has 2 aromatic rings. The zero-order chi connectivity index (χ0) is 16.0. The fourth-order valence-corrected chi connectivity index (χ4v) is 4.53. The minimum absolute atomic E-state index is 0.0449. The summed E-state index contributed by atoms with van der Waals surface area (Å²) in [5.41, 5.74) is 0.986. The monoisotopic (exact) mass is 336 g/mol. The molecule has 1 aromatic heterocycles. The lowest BCUT2D eigenvalue weighted by molar-refractivity contribution is 0.425. The third-order valence-corrected chi connectivity index (χ3v) is 6.38. The summed E-state index contributed by atoms with van der Waals surface area (Å²) in [6.45, 7) is 0.657. The van der Waals surface area contributed by atoms with Crippen LogP contribution in [0.1, 0.15) is 36.9 Å². The van der Waals surface area contributed by atoms with E-state index in [0.717, 1.165) is 18.5 Å². The minimum atomic E-state index is -3.81. The fourth-order valence-electron chi connectivity index (χ4n) is 2.97. The standard InChI is InChI=1S/C15H17FN4O2S/c16-13-3-1-2-4-15(13)23(21,22)19-8-7-12(9-19)20-10-14(17-18-20)11-5-6-11/h1-4,10-12H,5-9H2. The van der Waals surface area contributed by atoms with Gasteiger partial charge < -0.3 is 0 Å². The SMILES string of the molecule is O=S(=O)(c1ccccc1F)N1CCC(n2cc(C3CC3)nn2)C1. The number of benzene rings is 1. The molecule has 1 atom stereocenters. The summed E-state index contributed by atoms with van der Waals surface area (Å²) in [4.78, 5) is -0.266. The largest absolute Gasteiger partial charge is 0.248 e. The maximum absolute atomic E-state index is 13.8. The molecule has 2 aliphatic rings. The van der Waals surface area contributed by atoms with E-state index in [4.69, 9.17) is 0 Å². The highest BCUT2D eigenvalue weighted by Crippen LogP contribution is 2.39. The zero-order valence-corrected chi connectivity index (χ0v) is 13.3. The van der Waals surface area contributed by atoms with Crippen LogP contribution in [0.4, 0.5) is 4.39 Å². The average Bonchev–Trinajstić information content (AvgIpc) is 3.07. The second-order valence-electron chi connectivity index (χ2n) is 6.13. The predicted molar refractivity (Wildman–Crippen MR) is 80.8 cm³/mol. The van der Waals surface area contributed by atoms with Crippen molar-refractivity contribution in [2.45, 2.75) is 36.1 Å². The van der Waals surface area contributed by atoms with Gasteiger partial charge in [-0.1, -0.05) is 17.3 Å². The molecule has 0 amide bonds. The number of nitrogens with zero attached hydrogens (tertiary/aromatic N) is 4. The Balaban J connectivity index is 1.54. The summed E-state index contributed by atoms with van der Waals surface area (Å²) in [7, 11) is -3.81. The minimum Gasteiger partial charge on any atom is -0.248 e. The first-order valence-electron chi connectivity index (χ1n) is 7.72. The van der Waals surface area contributed by atoms with E-state index in [0.29, 0.717) is 25.4 Å². The Morgan fingerprint density at radius 3 is 2.70 bits per heavy atom. The van der Waals surface area contributed by atoms with E-state index >= 15 is 0 Å². The van der Waals surface area contributed by atoms with Crippen molar-refractivity contribution in [3.63, 3.8) is 0 Å². The maximum Gasteiger partial charge on any atom is 0.246 e. The van der Waals surface area contributed by atoms with Gasteiger partial charge in [-0.25, -0.2) is 17.5 Å². The van der Waals surface area contributed by atoms with Crippen molar-refractivity contribution >= 4 is 10.0 Å². The van der Waals surface area contributed by atoms with Gasteiger partial charge >= 0.3 is 0 Å². The number of hydrogen-bond acceptors (Lipinski definition) is 4. The van der Waals surface area contributed by atoms with Gasteiger partial charge in [0, 0.05) is 25.2 Å².